The highest BCUT2D eigenvalue weighted by atomic mass is 16.2. The van der Waals surface area contributed by atoms with Gasteiger partial charge in [0, 0.05) is 25.8 Å². The molecule has 1 fully saturated rings. The fourth-order valence-corrected chi connectivity index (χ4v) is 3.63. The van der Waals surface area contributed by atoms with Crippen molar-refractivity contribution < 1.29 is 9.59 Å². The molecule has 29 heavy (non-hydrogen) atoms. The van der Waals surface area contributed by atoms with Crippen LogP contribution >= 0.6 is 0 Å². The monoisotopic (exact) mass is 393 g/mol. The normalized spacial score (nSPS) is 17.2. The van der Waals surface area contributed by atoms with Crippen LogP contribution in [0.2, 0.25) is 0 Å². The molecule has 0 aliphatic carbocycles. The molecule has 1 atom stereocenters. The van der Waals surface area contributed by atoms with Crippen LogP contribution in [-0.2, 0) is 11.2 Å². The number of H-pyrrole nitrogens is 2. The van der Waals surface area contributed by atoms with Gasteiger partial charge in [-0.2, -0.15) is 10.2 Å². The van der Waals surface area contributed by atoms with E-state index < -0.39 is 0 Å². The van der Waals surface area contributed by atoms with E-state index in [1.165, 1.54) is 6.20 Å². The standard InChI is InChI=1S/C20H23N7O2/c1-14-23-19(25-24-14)17-7-8-26(20(29)16-12-21-22-13-16)9-10-27(17)18(28)11-15-5-3-2-4-6-15/h2-6,12-13,17H,7-11H2,1H3,(H,21,22)(H,23,24,25). The summed E-state index contributed by atoms with van der Waals surface area (Å²) in [6, 6.07) is 9.38. The zero-order valence-corrected chi connectivity index (χ0v) is 16.2. The number of rotatable bonds is 4. The Hall–Kier alpha value is -3.49. The lowest BCUT2D eigenvalue weighted by molar-refractivity contribution is -0.133. The van der Waals surface area contributed by atoms with Crippen molar-refractivity contribution >= 4 is 11.8 Å². The van der Waals surface area contributed by atoms with Gasteiger partial charge < -0.3 is 9.80 Å². The first kappa shape index (κ1) is 18.9. The molecule has 0 spiro atoms. The van der Waals surface area contributed by atoms with Gasteiger partial charge in [-0.3, -0.25) is 19.8 Å². The number of hydrogen-bond donors (Lipinski definition) is 2. The maximum atomic E-state index is 13.2. The van der Waals surface area contributed by atoms with Crippen molar-refractivity contribution in [2.24, 2.45) is 0 Å². The van der Waals surface area contributed by atoms with E-state index >= 15 is 0 Å². The smallest absolute Gasteiger partial charge is 0.257 e. The number of carbonyl (C=O) groups excluding carboxylic acids is 2. The predicted octanol–water partition coefficient (Wildman–Crippen LogP) is 1.49. The molecule has 9 nitrogen and oxygen atoms in total. The molecule has 9 heteroatoms. The van der Waals surface area contributed by atoms with E-state index in [4.69, 9.17) is 0 Å². The van der Waals surface area contributed by atoms with Crippen molar-refractivity contribution in [3.8, 4) is 0 Å². The first-order valence-corrected chi connectivity index (χ1v) is 9.62. The third kappa shape index (κ3) is 4.18. The highest BCUT2D eigenvalue weighted by molar-refractivity contribution is 5.93. The van der Waals surface area contributed by atoms with E-state index in [0.29, 0.717) is 49.7 Å². The molecule has 2 aromatic heterocycles. The first-order chi connectivity index (χ1) is 14.1. The van der Waals surface area contributed by atoms with Crippen LogP contribution in [0, 0.1) is 6.92 Å². The highest BCUT2D eigenvalue weighted by Gasteiger charge is 2.33. The van der Waals surface area contributed by atoms with Crippen molar-refractivity contribution in [3.05, 3.63) is 65.5 Å². The van der Waals surface area contributed by atoms with E-state index in [1.807, 2.05) is 37.3 Å². The number of aromatic amines is 2. The van der Waals surface area contributed by atoms with Gasteiger partial charge in [0.2, 0.25) is 5.91 Å². The molecule has 3 aromatic rings. The molecule has 1 unspecified atom stereocenters. The molecule has 2 amide bonds. The molecular formula is C20H23N7O2. The minimum atomic E-state index is -0.279. The van der Waals surface area contributed by atoms with Gasteiger partial charge in [0.1, 0.15) is 5.82 Å². The Morgan fingerprint density at radius 3 is 2.69 bits per heavy atom. The minimum absolute atomic E-state index is 0.00117. The average molecular weight is 393 g/mol. The van der Waals surface area contributed by atoms with Gasteiger partial charge in [0.15, 0.2) is 5.82 Å². The second-order valence-electron chi connectivity index (χ2n) is 7.11. The van der Waals surface area contributed by atoms with E-state index in [0.717, 1.165) is 5.56 Å². The van der Waals surface area contributed by atoms with E-state index in [-0.39, 0.29) is 17.9 Å². The Labute approximate surface area is 168 Å². The number of nitrogens with one attached hydrogen (secondary N) is 2. The summed E-state index contributed by atoms with van der Waals surface area (Å²) in [6.07, 6.45) is 3.97. The maximum absolute atomic E-state index is 13.2. The Morgan fingerprint density at radius 2 is 2.00 bits per heavy atom. The number of hydrogen-bond acceptors (Lipinski definition) is 5. The summed E-state index contributed by atoms with van der Waals surface area (Å²) in [5.41, 5.74) is 1.47. The molecule has 1 aliphatic heterocycles. The Balaban J connectivity index is 1.56. The zero-order valence-electron chi connectivity index (χ0n) is 16.2. The van der Waals surface area contributed by atoms with Crippen LogP contribution in [0.4, 0.5) is 0 Å². The lowest BCUT2D eigenvalue weighted by Gasteiger charge is -2.27. The van der Waals surface area contributed by atoms with Crippen LogP contribution in [0.25, 0.3) is 0 Å². The number of carbonyl (C=O) groups is 2. The second-order valence-corrected chi connectivity index (χ2v) is 7.11. The summed E-state index contributed by atoms with van der Waals surface area (Å²) in [4.78, 5) is 33.9. The van der Waals surface area contributed by atoms with Gasteiger partial charge in [-0.1, -0.05) is 30.3 Å². The van der Waals surface area contributed by atoms with Gasteiger partial charge in [-0.15, -0.1) is 0 Å². The molecule has 1 aromatic carbocycles. The summed E-state index contributed by atoms with van der Waals surface area (Å²) in [7, 11) is 0. The van der Waals surface area contributed by atoms with Gasteiger partial charge >= 0.3 is 0 Å². The molecule has 3 heterocycles. The number of benzene rings is 1. The van der Waals surface area contributed by atoms with Gasteiger partial charge in [0.05, 0.1) is 24.2 Å². The molecule has 0 saturated carbocycles. The van der Waals surface area contributed by atoms with Crippen molar-refractivity contribution in [3.63, 3.8) is 0 Å². The minimum Gasteiger partial charge on any atom is -0.337 e. The number of amides is 2. The van der Waals surface area contributed by atoms with Gasteiger partial charge in [-0.25, -0.2) is 4.98 Å². The lowest BCUT2D eigenvalue weighted by atomic mass is 10.1. The van der Waals surface area contributed by atoms with Crippen molar-refractivity contribution in [1.82, 2.24) is 35.2 Å². The van der Waals surface area contributed by atoms with Gasteiger partial charge in [0.25, 0.3) is 5.91 Å². The molecule has 150 valence electrons. The number of aryl methyl sites for hydroxylation is 1. The molecule has 0 bridgehead atoms. The van der Waals surface area contributed by atoms with E-state index in [1.54, 1.807) is 16.0 Å². The summed E-state index contributed by atoms with van der Waals surface area (Å²) >= 11 is 0. The summed E-state index contributed by atoms with van der Waals surface area (Å²) < 4.78 is 0. The quantitative estimate of drug-likeness (QED) is 0.698. The molecule has 0 radical (unpaired) electrons. The topological polar surface area (TPSA) is 111 Å². The van der Waals surface area contributed by atoms with Crippen LogP contribution in [0.5, 0.6) is 0 Å². The Morgan fingerprint density at radius 1 is 1.17 bits per heavy atom. The highest BCUT2D eigenvalue weighted by Crippen LogP contribution is 2.26. The maximum Gasteiger partial charge on any atom is 0.257 e. The number of aromatic nitrogens is 5. The fourth-order valence-electron chi connectivity index (χ4n) is 3.63. The second kappa shape index (κ2) is 8.26. The van der Waals surface area contributed by atoms with Gasteiger partial charge in [-0.05, 0) is 18.9 Å². The van der Waals surface area contributed by atoms with Crippen LogP contribution in [-0.4, -0.2) is 66.6 Å². The zero-order chi connectivity index (χ0) is 20.2. The van der Waals surface area contributed by atoms with Crippen molar-refractivity contribution in [2.75, 3.05) is 19.6 Å². The van der Waals surface area contributed by atoms with E-state index in [9.17, 15) is 9.59 Å². The summed E-state index contributed by atoms with van der Waals surface area (Å²) in [5, 5.41) is 13.7. The number of nitrogens with zero attached hydrogens (tertiary/aromatic N) is 5. The van der Waals surface area contributed by atoms with Crippen LogP contribution in [0.3, 0.4) is 0 Å². The predicted molar refractivity (Wildman–Crippen MR) is 105 cm³/mol. The van der Waals surface area contributed by atoms with Crippen molar-refractivity contribution in [1.29, 1.82) is 0 Å². The Bertz CT molecular complexity index is 968. The molecule has 4 rings (SSSR count). The molecule has 1 saturated heterocycles. The Kier molecular flexibility index (Phi) is 5.37. The summed E-state index contributed by atoms with van der Waals surface area (Å²) in [6.45, 7) is 3.22. The third-order valence-corrected chi connectivity index (χ3v) is 5.12. The van der Waals surface area contributed by atoms with Crippen LogP contribution in [0.15, 0.2) is 42.7 Å². The fraction of sp³-hybridized carbons (Fsp3) is 0.350. The van der Waals surface area contributed by atoms with Crippen LogP contribution < -0.4 is 0 Å². The first-order valence-electron chi connectivity index (χ1n) is 9.62. The molecular weight excluding hydrogens is 370 g/mol. The summed E-state index contributed by atoms with van der Waals surface area (Å²) in [5.74, 6) is 1.19. The largest absolute Gasteiger partial charge is 0.337 e. The lowest BCUT2D eigenvalue weighted by Crippen LogP contribution is -2.39. The average Bonchev–Trinajstić information content (AvgIpc) is 3.36. The third-order valence-electron chi connectivity index (χ3n) is 5.12. The van der Waals surface area contributed by atoms with Crippen LogP contribution in [0.1, 0.15) is 40.0 Å². The van der Waals surface area contributed by atoms with Crippen molar-refractivity contribution in [2.45, 2.75) is 25.8 Å². The molecule has 1 aliphatic rings. The molecule has 2 N–H and O–H groups in total. The SMILES string of the molecule is Cc1nc(C2CCN(C(=O)c3cn[nH]c3)CCN2C(=O)Cc2ccccc2)n[nH]1. The van der Waals surface area contributed by atoms with E-state index in [2.05, 4.69) is 25.4 Å².